The molecule has 7 nitrogen and oxygen atoms in total. The lowest BCUT2D eigenvalue weighted by atomic mass is 10.0. The number of amides is 2. The lowest BCUT2D eigenvalue weighted by Gasteiger charge is -2.21. The maximum absolute atomic E-state index is 12.9. The molecule has 3 aromatic rings. The van der Waals surface area contributed by atoms with Crippen molar-refractivity contribution < 1.29 is 9.59 Å². The van der Waals surface area contributed by atoms with Gasteiger partial charge in [-0.15, -0.1) is 16.8 Å². The van der Waals surface area contributed by atoms with Crippen LogP contribution in [-0.4, -0.2) is 32.3 Å². The van der Waals surface area contributed by atoms with Crippen molar-refractivity contribution in [2.45, 2.75) is 57.8 Å². The Morgan fingerprint density at radius 2 is 1.84 bits per heavy atom. The van der Waals surface area contributed by atoms with Crippen LogP contribution in [0.3, 0.4) is 0 Å². The number of anilines is 1. The van der Waals surface area contributed by atoms with Gasteiger partial charge in [-0.1, -0.05) is 63.7 Å². The average Bonchev–Trinajstić information content (AvgIpc) is 3.26. The lowest BCUT2D eigenvalue weighted by molar-refractivity contribution is -0.113. The fourth-order valence-corrected chi connectivity index (χ4v) is 5.21. The van der Waals surface area contributed by atoms with Gasteiger partial charge in [0.15, 0.2) is 11.0 Å². The molecule has 0 saturated carbocycles. The summed E-state index contributed by atoms with van der Waals surface area (Å²) in [5.74, 6) is 1.18. The summed E-state index contributed by atoms with van der Waals surface area (Å²) in [5, 5.41) is 15.6. The molecule has 0 spiro atoms. The predicted molar refractivity (Wildman–Crippen MR) is 159 cm³/mol. The van der Waals surface area contributed by atoms with Gasteiger partial charge in [0, 0.05) is 21.4 Å². The Hall–Kier alpha value is -2.66. The second-order valence-corrected chi connectivity index (χ2v) is 11.7. The average molecular weight is 632 g/mol. The molecule has 3 rings (SSSR count). The summed E-state index contributed by atoms with van der Waals surface area (Å²) < 4.78 is 3.06. The molecule has 0 aliphatic rings. The Labute approximate surface area is 237 Å². The molecule has 37 heavy (non-hydrogen) atoms. The molecule has 2 aromatic carbocycles. The molecular weight excluding hydrogens is 597 g/mol. The van der Waals surface area contributed by atoms with Gasteiger partial charge in [0.05, 0.1) is 11.8 Å². The zero-order valence-electron chi connectivity index (χ0n) is 21.7. The van der Waals surface area contributed by atoms with E-state index in [0.29, 0.717) is 41.3 Å². The summed E-state index contributed by atoms with van der Waals surface area (Å²) in [5.41, 5.74) is 2.52. The first-order valence-corrected chi connectivity index (χ1v) is 14.4. The molecule has 1 atom stereocenters. The Kier molecular flexibility index (Phi) is 10.7. The van der Waals surface area contributed by atoms with E-state index in [2.05, 4.69) is 83.8 Å². The van der Waals surface area contributed by atoms with E-state index in [9.17, 15) is 9.59 Å². The van der Waals surface area contributed by atoms with Crippen LogP contribution in [0.15, 0.2) is 66.3 Å². The maximum Gasteiger partial charge on any atom is 0.251 e. The molecule has 2 amide bonds. The van der Waals surface area contributed by atoms with Crippen molar-refractivity contribution in [1.29, 1.82) is 0 Å². The number of hydrogen-bond donors (Lipinski definition) is 2. The van der Waals surface area contributed by atoms with E-state index in [4.69, 9.17) is 0 Å². The third-order valence-corrected chi connectivity index (χ3v) is 7.30. The second kappa shape index (κ2) is 13.8. The number of rotatable bonds is 12. The van der Waals surface area contributed by atoms with Crippen molar-refractivity contribution in [2.24, 2.45) is 5.92 Å². The number of aromatic nitrogens is 3. The van der Waals surface area contributed by atoms with E-state index < -0.39 is 0 Å². The molecule has 0 fully saturated rings. The minimum absolute atomic E-state index is 0.112. The predicted octanol–water partition coefficient (Wildman–Crippen LogP) is 6.44. The number of benzene rings is 2. The summed E-state index contributed by atoms with van der Waals surface area (Å²) in [6.07, 6.45) is 2.47. The fourth-order valence-electron chi connectivity index (χ4n) is 3.94. The summed E-state index contributed by atoms with van der Waals surface area (Å²) in [4.78, 5) is 25.8. The number of allylic oxidation sites excluding steroid dienone is 1. The summed E-state index contributed by atoms with van der Waals surface area (Å²) in [6.45, 7) is 12.8. The summed E-state index contributed by atoms with van der Waals surface area (Å²) >= 11 is 3.60. The Morgan fingerprint density at radius 1 is 1.11 bits per heavy atom. The van der Waals surface area contributed by atoms with E-state index in [1.807, 2.05) is 34.9 Å². The highest BCUT2D eigenvalue weighted by Crippen LogP contribution is 2.28. The van der Waals surface area contributed by atoms with Crippen LogP contribution in [0.1, 0.15) is 67.8 Å². The van der Waals surface area contributed by atoms with Crippen LogP contribution < -0.4 is 10.6 Å². The molecule has 0 aliphatic carbocycles. The van der Waals surface area contributed by atoms with Crippen molar-refractivity contribution in [3.8, 4) is 0 Å². The highest BCUT2D eigenvalue weighted by atomic mass is 127. The molecule has 1 heterocycles. The second-order valence-electron chi connectivity index (χ2n) is 9.48. The van der Waals surface area contributed by atoms with Gasteiger partial charge in [0.25, 0.3) is 5.91 Å². The van der Waals surface area contributed by atoms with Gasteiger partial charge in [-0.3, -0.25) is 9.59 Å². The van der Waals surface area contributed by atoms with Crippen molar-refractivity contribution >= 4 is 51.9 Å². The lowest BCUT2D eigenvalue weighted by Crippen LogP contribution is -2.31. The van der Waals surface area contributed by atoms with Gasteiger partial charge < -0.3 is 15.2 Å². The zero-order valence-corrected chi connectivity index (χ0v) is 24.7. The summed E-state index contributed by atoms with van der Waals surface area (Å²) in [7, 11) is 0. The highest BCUT2D eigenvalue weighted by Gasteiger charge is 2.25. The molecule has 9 heteroatoms. The van der Waals surface area contributed by atoms with Crippen molar-refractivity contribution in [1.82, 2.24) is 20.1 Å². The molecule has 0 saturated heterocycles. The van der Waals surface area contributed by atoms with Crippen LogP contribution in [0.4, 0.5) is 5.69 Å². The minimum atomic E-state index is -0.330. The van der Waals surface area contributed by atoms with E-state index >= 15 is 0 Å². The molecular formula is C28H34IN5O2S. The number of nitrogens with zero attached hydrogens (tertiary/aromatic N) is 3. The number of nitrogens with one attached hydrogen (secondary N) is 2. The van der Waals surface area contributed by atoms with Gasteiger partial charge in [-0.2, -0.15) is 0 Å². The standard InChI is InChI=1S/C28H34IN5O2S/c1-6-14-34-26(24(15-18(2)3)31-27(36)20-10-8-7-9-11-20)32-33-28(34)37-17-25(35)30-23-13-12-21(29)16-22(23)19(4)5/h6-13,16,18-19,24H,1,14-15,17H2,2-5H3,(H,30,35)(H,31,36). The fraction of sp³-hybridized carbons (Fsp3) is 0.357. The highest BCUT2D eigenvalue weighted by molar-refractivity contribution is 14.1. The van der Waals surface area contributed by atoms with Crippen molar-refractivity contribution in [2.75, 3.05) is 11.1 Å². The van der Waals surface area contributed by atoms with Gasteiger partial charge in [-0.05, 0) is 76.7 Å². The summed E-state index contributed by atoms with van der Waals surface area (Å²) in [6, 6.07) is 14.8. The van der Waals surface area contributed by atoms with E-state index in [-0.39, 0.29) is 23.6 Å². The van der Waals surface area contributed by atoms with Crippen LogP contribution >= 0.6 is 34.4 Å². The Balaban J connectivity index is 1.77. The number of hydrogen-bond acceptors (Lipinski definition) is 5. The smallest absolute Gasteiger partial charge is 0.251 e. The third-order valence-electron chi connectivity index (χ3n) is 5.66. The van der Waals surface area contributed by atoms with Crippen LogP contribution in [0.5, 0.6) is 0 Å². The van der Waals surface area contributed by atoms with Crippen molar-refractivity contribution in [3.05, 3.63) is 81.7 Å². The SMILES string of the molecule is C=CCn1c(SCC(=O)Nc2ccc(I)cc2C(C)C)nnc1C(CC(C)C)NC(=O)c1ccccc1. The Bertz CT molecular complexity index is 1230. The quantitative estimate of drug-likeness (QED) is 0.137. The third kappa shape index (κ3) is 8.16. The topological polar surface area (TPSA) is 88.9 Å². The number of carbonyl (C=O) groups excluding carboxylic acids is 2. The van der Waals surface area contributed by atoms with E-state index in [0.717, 1.165) is 14.8 Å². The normalized spacial score (nSPS) is 12.0. The molecule has 2 N–H and O–H groups in total. The van der Waals surface area contributed by atoms with E-state index in [1.54, 1.807) is 18.2 Å². The molecule has 1 unspecified atom stereocenters. The van der Waals surface area contributed by atoms with E-state index in [1.165, 1.54) is 11.8 Å². The first kappa shape index (κ1) is 28.9. The largest absolute Gasteiger partial charge is 0.342 e. The van der Waals surface area contributed by atoms with Crippen LogP contribution in [0.2, 0.25) is 0 Å². The van der Waals surface area contributed by atoms with Gasteiger partial charge in [0.1, 0.15) is 0 Å². The monoisotopic (exact) mass is 631 g/mol. The first-order valence-electron chi connectivity index (χ1n) is 12.3. The molecule has 1 aromatic heterocycles. The molecule has 0 bridgehead atoms. The van der Waals surface area contributed by atoms with Crippen LogP contribution in [0, 0.1) is 9.49 Å². The minimum Gasteiger partial charge on any atom is -0.342 e. The molecule has 196 valence electrons. The van der Waals surface area contributed by atoms with Gasteiger partial charge >= 0.3 is 0 Å². The van der Waals surface area contributed by atoms with Gasteiger partial charge in [-0.25, -0.2) is 0 Å². The zero-order chi connectivity index (χ0) is 26.9. The van der Waals surface area contributed by atoms with Crippen LogP contribution in [0.25, 0.3) is 0 Å². The Morgan fingerprint density at radius 3 is 2.49 bits per heavy atom. The number of halogens is 1. The number of thioether (sulfide) groups is 1. The first-order chi connectivity index (χ1) is 17.7. The number of carbonyl (C=O) groups is 2. The maximum atomic E-state index is 12.9. The van der Waals surface area contributed by atoms with Gasteiger partial charge in [0.2, 0.25) is 5.91 Å². The molecule has 0 aliphatic heterocycles. The van der Waals surface area contributed by atoms with Crippen molar-refractivity contribution in [3.63, 3.8) is 0 Å². The molecule has 0 radical (unpaired) electrons. The van der Waals surface area contributed by atoms with Crippen LogP contribution in [-0.2, 0) is 11.3 Å².